The predicted molar refractivity (Wildman–Crippen MR) is 108 cm³/mol. The van der Waals surface area contributed by atoms with Gasteiger partial charge in [-0.25, -0.2) is 0 Å². The van der Waals surface area contributed by atoms with Crippen molar-refractivity contribution < 1.29 is 4.79 Å². The Balaban J connectivity index is 1.69. The van der Waals surface area contributed by atoms with Crippen LogP contribution in [0.3, 0.4) is 0 Å². The number of aromatic nitrogens is 1. The summed E-state index contributed by atoms with van der Waals surface area (Å²) in [7, 11) is 0. The molecule has 27 heavy (non-hydrogen) atoms. The number of amides is 1. The van der Waals surface area contributed by atoms with Gasteiger partial charge >= 0.3 is 0 Å². The van der Waals surface area contributed by atoms with Crippen molar-refractivity contribution in [1.82, 2.24) is 21.2 Å². The molecular formula is C22H24N4O. The van der Waals surface area contributed by atoms with E-state index in [1.165, 1.54) is 0 Å². The molecule has 1 aliphatic rings. The number of hydrogen-bond donors (Lipinski definition) is 3. The van der Waals surface area contributed by atoms with Crippen molar-refractivity contribution in [1.29, 1.82) is 0 Å². The molecule has 1 amide bonds. The average Bonchev–Trinajstić information content (AvgIpc) is 3.22. The molecule has 1 aliphatic heterocycles. The second kappa shape index (κ2) is 7.47. The first-order chi connectivity index (χ1) is 13.1. The van der Waals surface area contributed by atoms with Crippen LogP contribution in [0.4, 0.5) is 0 Å². The molecule has 5 nitrogen and oxygen atoms in total. The highest BCUT2D eigenvalue weighted by atomic mass is 16.1. The lowest BCUT2D eigenvalue weighted by Gasteiger charge is -2.19. The number of hydrogen-bond acceptors (Lipinski definition) is 4. The Bertz CT molecular complexity index is 979. The van der Waals surface area contributed by atoms with Gasteiger partial charge in [0.25, 0.3) is 5.91 Å². The maximum Gasteiger partial charge on any atom is 0.252 e. The SMILES string of the molecule is Cc1ccccc1C(=O)NC(C)c1cc(C2CNNC2)nc2ccccc12. The number of nitrogens with zero attached hydrogens (tertiary/aromatic N) is 1. The molecule has 1 unspecified atom stereocenters. The number of pyridine rings is 1. The third-order valence-corrected chi connectivity index (χ3v) is 5.21. The van der Waals surface area contributed by atoms with Gasteiger partial charge in [0.05, 0.1) is 11.6 Å². The van der Waals surface area contributed by atoms with Gasteiger partial charge in [-0.1, -0.05) is 36.4 Å². The van der Waals surface area contributed by atoms with Crippen LogP contribution in [0.5, 0.6) is 0 Å². The van der Waals surface area contributed by atoms with Crippen LogP contribution in [0.25, 0.3) is 10.9 Å². The minimum atomic E-state index is -0.119. The van der Waals surface area contributed by atoms with Crippen LogP contribution >= 0.6 is 0 Å². The van der Waals surface area contributed by atoms with Crippen molar-refractivity contribution >= 4 is 16.8 Å². The Labute approximate surface area is 159 Å². The summed E-state index contributed by atoms with van der Waals surface area (Å²) < 4.78 is 0. The first kappa shape index (κ1) is 17.6. The van der Waals surface area contributed by atoms with Crippen LogP contribution < -0.4 is 16.2 Å². The van der Waals surface area contributed by atoms with E-state index in [9.17, 15) is 4.79 Å². The van der Waals surface area contributed by atoms with Crippen molar-refractivity contribution in [3.8, 4) is 0 Å². The molecule has 0 spiro atoms. The highest BCUT2D eigenvalue weighted by molar-refractivity contribution is 5.96. The van der Waals surface area contributed by atoms with Gasteiger partial charge in [-0.05, 0) is 43.2 Å². The summed E-state index contributed by atoms with van der Waals surface area (Å²) >= 11 is 0. The van der Waals surface area contributed by atoms with Crippen LogP contribution in [0, 0.1) is 6.92 Å². The van der Waals surface area contributed by atoms with Gasteiger partial charge in [-0.15, -0.1) is 0 Å². The summed E-state index contributed by atoms with van der Waals surface area (Å²) in [5.41, 5.74) is 11.1. The Morgan fingerprint density at radius 1 is 1.11 bits per heavy atom. The van der Waals surface area contributed by atoms with Crippen LogP contribution in [0.15, 0.2) is 54.6 Å². The number of nitrogens with one attached hydrogen (secondary N) is 3. The van der Waals surface area contributed by atoms with Gasteiger partial charge < -0.3 is 5.32 Å². The van der Waals surface area contributed by atoms with E-state index in [-0.39, 0.29) is 11.9 Å². The van der Waals surface area contributed by atoms with Gasteiger partial charge in [0.1, 0.15) is 0 Å². The molecule has 2 aromatic carbocycles. The molecule has 5 heteroatoms. The Hall–Kier alpha value is -2.76. The zero-order valence-electron chi connectivity index (χ0n) is 15.6. The molecule has 1 aromatic heterocycles. The quantitative estimate of drug-likeness (QED) is 0.668. The van der Waals surface area contributed by atoms with E-state index in [1.54, 1.807) is 0 Å². The number of rotatable bonds is 4. The van der Waals surface area contributed by atoms with Crippen molar-refractivity contribution in [2.75, 3.05) is 13.1 Å². The maximum atomic E-state index is 12.8. The molecule has 2 heterocycles. The number of para-hydroxylation sites is 1. The monoisotopic (exact) mass is 360 g/mol. The lowest BCUT2D eigenvalue weighted by Crippen LogP contribution is -2.27. The molecule has 0 bridgehead atoms. The van der Waals surface area contributed by atoms with Crippen molar-refractivity contribution in [3.63, 3.8) is 0 Å². The molecule has 138 valence electrons. The first-order valence-corrected chi connectivity index (χ1v) is 9.35. The molecule has 1 fully saturated rings. The second-order valence-corrected chi connectivity index (χ2v) is 7.12. The van der Waals surface area contributed by atoms with Crippen molar-refractivity contribution in [3.05, 3.63) is 77.0 Å². The zero-order valence-corrected chi connectivity index (χ0v) is 15.6. The summed E-state index contributed by atoms with van der Waals surface area (Å²) in [6, 6.07) is 17.8. The summed E-state index contributed by atoms with van der Waals surface area (Å²) in [5, 5.41) is 4.25. The second-order valence-electron chi connectivity index (χ2n) is 7.12. The van der Waals surface area contributed by atoms with E-state index in [2.05, 4.69) is 28.3 Å². The molecule has 4 rings (SSSR count). The number of aryl methyl sites for hydroxylation is 1. The topological polar surface area (TPSA) is 66.1 Å². The molecular weight excluding hydrogens is 336 g/mol. The minimum absolute atomic E-state index is 0.0488. The van der Waals surface area contributed by atoms with Gasteiger partial charge in [0.15, 0.2) is 0 Å². The molecule has 1 atom stereocenters. The highest BCUT2D eigenvalue weighted by Gasteiger charge is 2.22. The summed E-state index contributed by atoms with van der Waals surface area (Å²) in [5.74, 6) is 0.278. The van der Waals surface area contributed by atoms with E-state index in [0.717, 1.165) is 40.8 Å². The van der Waals surface area contributed by atoms with Crippen LogP contribution in [0.1, 0.15) is 46.1 Å². The average molecular weight is 360 g/mol. The minimum Gasteiger partial charge on any atom is -0.345 e. The lowest BCUT2D eigenvalue weighted by atomic mass is 9.97. The number of benzene rings is 2. The third kappa shape index (κ3) is 3.56. The van der Waals surface area contributed by atoms with E-state index < -0.39 is 0 Å². The van der Waals surface area contributed by atoms with Gasteiger partial charge in [-0.2, -0.15) is 0 Å². The number of carbonyl (C=O) groups is 1. The van der Waals surface area contributed by atoms with E-state index in [1.807, 2.05) is 56.3 Å². The Morgan fingerprint density at radius 2 is 1.81 bits per heavy atom. The molecule has 3 N–H and O–H groups in total. The fraction of sp³-hybridized carbons (Fsp3) is 0.273. The van der Waals surface area contributed by atoms with Gasteiger partial charge in [-0.3, -0.25) is 20.6 Å². The zero-order chi connectivity index (χ0) is 18.8. The van der Waals surface area contributed by atoms with Crippen LogP contribution in [-0.2, 0) is 0 Å². The van der Waals surface area contributed by atoms with Gasteiger partial charge in [0.2, 0.25) is 0 Å². The number of fused-ring (bicyclic) bond motifs is 1. The van der Waals surface area contributed by atoms with Crippen LogP contribution in [0.2, 0.25) is 0 Å². The van der Waals surface area contributed by atoms with E-state index >= 15 is 0 Å². The largest absolute Gasteiger partial charge is 0.345 e. The summed E-state index contributed by atoms with van der Waals surface area (Å²) in [6.07, 6.45) is 0. The fourth-order valence-corrected chi connectivity index (χ4v) is 3.64. The molecule has 0 saturated carbocycles. The summed E-state index contributed by atoms with van der Waals surface area (Å²) in [6.45, 7) is 5.70. The van der Waals surface area contributed by atoms with Crippen molar-refractivity contribution in [2.24, 2.45) is 0 Å². The van der Waals surface area contributed by atoms with E-state index in [4.69, 9.17) is 4.98 Å². The molecule has 0 radical (unpaired) electrons. The Kier molecular flexibility index (Phi) is 4.88. The predicted octanol–water partition coefficient (Wildman–Crippen LogP) is 3.23. The standard InChI is InChI=1S/C22H24N4O/c1-14-7-3-4-8-17(14)22(27)25-15(2)19-11-21(16-12-23-24-13-16)26-20-10-6-5-9-18(19)20/h3-11,15-16,23-24H,12-13H2,1-2H3,(H,25,27). The normalized spacial score (nSPS) is 15.8. The first-order valence-electron chi connectivity index (χ1n) is 9.35. The number of carbonyl (C=O) groups excluding carboxylic acids is 1. The van der Waals surface area contributed by atoms with Crippen molar-refractivity contribution in [2.45, 2.75) is 25.8 Å². The van der Waals surface area contributed by atoms with Gasteiger partial charge in [0, 0.05) is 35.7 Å². The molecule has 1 saturated heterocycles. The fourth-order valence-electron chi connectivity index (χ4n) is 3.64. The number of hydrazine groups is 1. The van der Waals surface area contributed by atoms with Crippen LogP contribution in [-0.4, -0.2) is 24.0 Å². The lowest BCUT2D eigenvalue weighted by molar-refractivity contribution is 0.0939. The third-order valence-electron chi connectivity index (χ3n) is 5.21. The molecule has 3 aromatic rings. The molecule has 0 aliphatic carbocycles. The highest BCUT2D eigenvalue weighted by Crippen LogP contribution is 2.28. The summed E-state index contributed by atoms with van der Waals surface area (Å²) in [4.78, 5) is 17.6. The smallest absolute Gasteiger partial charge is 0.252 e. The van der Waals surface area contributed by atoms with E-state index in [0.29, 0.717) is 11.5 Å². The maximum absolute atomic E-state index is 12.8. The Morgan fingerprint density at radius 3 is 2.59 bits per heavy atom.